The van der Waals surface area contributed by atoms with E-state index in [2.05, 4.69) is 22.1 Å². The van der Waals surface area contributed by atoms with Gasteiger partial charge in [-0.1, -0.05) is 52.8 Å². The van der Waals surface area contributed by atoms with Gasteiger partial charge in [-0.3, -0.25) is 14.6 Å². The highest BCUT2D eigenvalue weighted by Gasteiger charge is 2.59. The lowest BCUT2D eigenvalue weighted by molar-refractivity contribution is -0.148. The summed E-state index contributed by atoms with van der Waals surface area (Å²) in [5.74, 6) is 9.56. The molecule has 7 N–H and O–H groups in total. The first-order valence-electron chi connectivity index (χ1n) is 24.1. The van der Waals surface area contributed by atoms with Crippen molar-refractivity contribution in [2.45, 2.75) is 171 Å². The molecule has 2 aromatic rings. The number of rotatable bonds is 5. The van der Waals surface area contributed by atoms with Crippen molar-refractivity contribution in [2.24, 2.45) is 33.4 Å². The maximum Gasteiger partial charge on any atom is 0.302 e. The van der Waals surface area contributed by atoms with Gasteiger partial charge in [0.1, 0.15) is 16.8 Å². The molecule has 3 aliphatic carbocycles. The Balaban J connectivity index is 1.16. The van der Waals surface area contributed by atoms with Gasteiger partial charge in [-0.15, -0.1) is 5.92 Å². The number of carbonyl (C=O) groups is 2. The number of aromatic hydroxyl groups is 1. The van der Waals surface area contributed by atoms with E-state index in [-0.39, 0.29) is 52.9 Å². The first-order chi connectivity index (χ1) is 30.9. The average Bonchev–Trinajstić information content (AvgIpc) is 4.05. The molecule has 1 amide bonds. The molecule has 3 saturated carbocycles. The number of ether oxygens (including phenoxy) is 2. The zero-order valence-corrected chi connectivity index (χ0v) is 39.4. The maximum atomic E-state index is 14.5. The van der Waals surface area contributed by atoms with Gasteiger partial charge < -0.3 is 41.4 Å². The lowest BCUT2D eigenvalue weighted by Crippen LogP contribution is -2.56. The summed E-state index contributed by atoms with van der Waals surface area (Å²) >= 11 is 0. The van der Waals surface area contributed by atoms with Gasteiger partial charge in [-0.05, 0) is 132 Å². The fraction of sp³-hybridized carbons (Fsp3) is 0.680. The Hall–Kier alpha value is -3.80. The van der Waals surface area contributed by atoms with Crippen molar-refractivity contribution in [1.29, 1.82) is 0 Å². The number of anilines is 1. The van der Waals surface area contributed by atoms with Gasteiger partial charge in [0.25, 0.3) is 0 Å². The van der Waals surface area contributed by atoms with Crippen LogP contribution in [0.15, 0.2) is 35.5 Å². The molecule has 8 bridgehead atoms. The number of nitrogens with two attached hydrogens (primary N) is 2. The Morgan fingerprint density at radius 2 is 1.84 bits per heavy atom. The molecule has 8 rings (SSSR count). The minimum Gasteiger partial charge on any atom is -0.504 e. The lowest BCUT2D eigenvalue weighted by atomic mass is 9.70. The SMILES string of the molecule is CC(=O)OC1CCc2cc(c(O)c(OC3CCCC3)c2)CN2CC(Cc3ccnc(N)c3)(CC2=O)C2C#CCC3CCC4(CCCC4(NC(N)=NC2)SSCCCCCCC(O)C1)C3. The number of fused-ring (bicyclic) bond motifs is 9. The van der Waals surface area contributed by atoms with Crippen molar-refractivity contribution in [3.63, 3.8) is 0 Å². The van der Waals surface area contributed by atoms with Crippen LogP contribution in [0.4, 0.5) is 5.82 Å². The first kappa shape index (κ1) is 46.7. The van der Waals surface area contributed by atoms with Gasteiger partial charge in [0.2, 0.25) is 5.91 Å². The van der Waals surface area contributed by atoms with Crippen LogP contribution in [0.25, 0.3) is 0 Å². The highest BCUT2D eigenvalue weighted by atomic mass is 33.1. The van der Waals surface area contributed by atoms with Crippen LogP contribution in [-0.4, -0.2) is 80.0 Å². The predicted molar refractivity (Wildman–Crippen MR) is 255 cm³/mol. The smallest absolute Gasteiger partial charge is 0.302 e. The molecule has 2 spiro atoms. The number of aliphatic imine (C=N–C) groups is 1. The van der Waals surface area contributed by atoms with Gasteiger partial charge in [0, 0.05) is 73.5 Å². The monoisotopic (exact) mass is 914 g/mol. The van der Waals surface area contributed by atoms with E-state index < -0.39 is 17.6 Å². The fourth-order valence-electron chi connectivity index (χ4n) is 11.9. The van der Waals surface area contributed by atoms with Crippen LogP contribution in [-0.2, 0) is 33.7 Å². The van der Waals surface area contributed by atoms with Crippen molar-refractivity contribution in [1.82, 2.24) is 15.2 Å². The van der Waals surface area contributed by atoms with Crippen LogP contribution >= 0.6 is 21.6 Å². The molecule has 12 nitrogen and oxygen atoms in total. The van der Waals surface area contributed by atoms with Gasteiger partial charge >= 0.3 is 5.97 Å². The number of nitrogens with zero attached hydrogens (tertiary/aromatic N) is 3. The zero-order chi connectivity index (χ0) is 44.7. The summed E-state index contributed by atoms with van der Waals surface area (Å²) in [6.07, 6.45) is 19.2. The average molecular weight is 915 g/mol. The second kappa shape index (κ2) is 20.8. The second-order valence-corrected chi connectivity index (χ2v) is 22.7. The molecule has 348 valence electrons. The number of phenolic OH excluding ortho intramolecular Hbond substituents is 1. The highest BCUT2D eigenvalue weighted by Crippen LogP contribution is 2.64. The standard InChI is InChI=1S/C50H70N6O6S2/c1-34(57)61-42-16-15-36-24-38(46(60)43(25-36)62-41-13-5-6-14-41)32-56-33-48(30-45(56)59,28-37-18-22-53-44(51)26-37)39-11-8-10-35-17-21-49(29-35)19-9-20-50(49,55-47(52)54-31-39)64-63-23-7-3-2-4-12-40(58)27-42/h18,22,24-26,35,39-42,58,60H,2-7,9-10,12-17,19-21,23,27-33H2,1H3,(H2,51,53)(H3,52,54,55). The number of esters is 1. The fourth-order valence-corrected chi connectivity index (χ4v) is 15.5. The molecule has 1 saturated heterocycles. The number of pyridine rings is 1. The van der Waals surface area contributed by atoms with E-state index in [4.69, 9.17) is 25.9 Å². The number of nitrogens with one attached hydrogen (secondary N) is 1. The predicted octanol–water partition coefficient (Wildman–Crippen LogP) is 8.21. The molecule has 1 aromatic carbocycles. The number of guanidine groups is 1. The van der Waals surface area contributed by atoms with Gasteiger partial charge in [0.15, 0.2) is 17.5 Å². The lowest BCUT2D eigenvalue weighted by Gasteiger charge is -2.44. The number of benzene rings is 1. The molecular weight excluding hydrogens is 845 g/mol. The maximum absolute atomic E-state index is 14.5. The normalized spacial score (nSPS) is 32.2. The molecule has 0 radical (unpaired) electrons. The molecule has 1 aromatic heterocycles. The van der Waals surface area contributed by atoms with E-state index in [1.165, 1.54) is 13.3 Å². The summed E-state index contributed by atoms with van der Waals surface area (Å²) in [7, 11) is 3.93. The third kappa shape index (κ3) is 11.1. The number of hydrogen-bond acceptors (Lipinski definition) is 13. The summed E-state index contributed by atoms with van der Waals surface area (Å²) < 4.78 is 12.3. The second-order valence-electron chi connectivity index (χ2n) is 19.9. The summed E-state index contributed by atoms with van der Waals surface area (Å²) in [6, 6.07) is 7.72. The quantitative estimate of drug-likeness (QED) is 0.110. The van der Waals surface area contributed by atoms with Crippen molar-refractivity contribution in [3.8, 4) is 23.3 Å². The zero-order valence-electron chi connectivity index (χ0n) is 37.8. The molecule has 4 fully saturated rings. The third-order valence-corrected chi connectivity index (χ3v) is 18.5. The van der Waals surface area contributed by atoms with Crippen LogP contribution in [0.3, 0.4) is 0 Å². The van der Waals surface area contributed by atoms with Crippen LogP contribution < -0.4 is 21.5 Å². The van der Waals surface area contributed by atoms with Crippen LogP contribution in [0.2, 0.25) is 0 Å². The van der Waals surface area contributed by atoms with Crippen molar-refractivity contribution >= 4 is 45.2 Å². The van der Waals surface area contributed by atoms with Crippen LogP contribution in [0.5, 0.6) is 11.5 Å². The number of carbonyl (C=O) groups excluding carboxylic acids is 2. The number of amides is 1. The molecule has 64 heavy (non-hydrogen) atoms. The number of aryl methyl sites for hydroxylation is 1. The highest BCUT2D eigenvalue weighted by molar-refractivity contribution is 8.77. The van der Waals surface area contributed by atoms with Gasteiger partial charge in [-0.25, -0.2) is 4.98 Å². The Labute approximate surface area is 388 Å². The Morgan fingerprint density at radius 3 is 2.67 bits per heavy atom. The topological polar surface area (TPSA) is 186 Å². The van der Waals surface area contributed by atoms with Gasteiger partial charge in [0.05, 0.1) is 18.8 Å². The molecule has 4 heterocycles. The van der Waals surface area contributed by atoms with E-state index in [0.29, 0.717) is 74.2 Å². The van der Waals surface area contributed by atoms with Crippen molar-refractivity contribution < 1.29 is 29.3 Å². The van der Waals surface area contributed by atoms with E-state index in [9.17, 15) is 19.8 Å². The van der Waals surface area contributed by atoms with Gasteiger partial charge in [-0.2, -0.15) is 0 Å². The molecular formula is C50H70N6O6S2. The van der Waals surface area contributed by atoms with Crippen molar-refractivity contribution in [3.05, 3.63) is 47.2 Å². The number of aliphatic hydroxyl groups excluding tert-OH is 1. The van der Waals surface area contributed by atoms with E-state index in [1.807, 2.05) is 50.8 Å². The van der Waals surface area contributed by atoms with E-state index in [1.54, 1.807) is 6.20 Å². The first-order valence-corrected chi connectivity index (χ1v) is 26.5. The molecule has 7 unspecified atom stereocenters. The Bertz CT molecular complexity index is 2070. The third-order valence-electron chi connectivity index (χ3n) is 15.2. The summed E-state index contributed by atoms with van der Waals surface area (Å²) in [5, 5.41) is 27.0. The van der Waals surface area contributed by atoms with Crippen molar-refractivity contribution in [2.75, 3.05) is 24.6 Å². The number of phenols is 1. The van der Waals surface area contributed by atoms with E-state index in [0.717, 1.165) is 107 Å². The molecule has 6 aliphatic rings. The minimum absolute atomic E-state index is 0.00419. The number of hydrogen-bond donors (Lipinski definition) is 5. The molecule has 14 heteroatoms. The largest absolute Gasteiger partial charge is 0.504 e. The van der Waals surface area contributed by atoms with Crippen LogP contribution in [0, 0.1) is 34.5 Å². The van der Waals surface area contributed by atoms with Crippen LogP contribution in [0.1, 0.15) is 146 Å². The molecule has 7 atom stereocenters. The summed E-state index contributed by atoms with van der Waals surface area (Å²) in [5.41, 5.74) is 15.2. The number of aliphatic hydroxyl groups is 1. The number of aromatic nitrogens is 1. The summed E-state index contributed by atoms with van der Waals surface area (Å²) in [6.45, 7) is 2.34. The minimum atomic E-state index is -0.639. The summed E-state index contributed by atoms with van der Waals surface area (Å²) in [4.78, 5) is 37.9. The Morgan fingerprint density at radius 1 is 1.02 bits per heavy atom. The van der Waals surface area contributed by atoms with E-state index >= 15 is 0 Å². The number of nitrogen functional groups attached to an aromatic ring is 1. The molecule has 3 aliphatic heterocycles. The Kier molecular flexibility index (Phi) is 15.2.